The lowest BCUT2D eigenvalue weighted by molar-refractivity contribution is 0.626. The van der Waals surface area contributed by atoms with E-state index in [0.717, 1.165) is 21.6 Å². The number of rotatable bonds is 4. The summed E-state index contributed by atoms with van der Waals surface area (Å²) in [6.07, 6.45) is 0. The Morgan fingerprint density at radius 3 is 2.86 bits per heavy atom. The smallest absolute Gasteiger partial charge is 0.225 e. The van der Waals surface area contributed by atoms with Crippen LogP contribution in [0.4, 0.5) is 16.2 Å². The molecule has 3 rings (SSSR count). The molecule has 0 bridgehead atoms. The number of aromatic nitrogens is 2. The number of nitrogens with one attached hydrogen (secondary N) is 2. The van der Waals surface area contributed by atoms with Crippen molar-refractivity contribution in [2.45, 2.75) is 13.5 Å². The normalized spacial score (nSPS) is 10.8. The first-order chi connectivity index (χ1) is 10.2. The summed E-state index contributed by atoms with van der Waals surface area (Å²) >= 11 is 1.63. The maximum atomic E-state index is 13.2. The van der Waals surface area contributed by atoms with Crippen LogP contribution < -0.4 is 10.6 Å². The van der Waals surface area contributed by atoms with Crippen LogP contribution in [-0.2, 0) is 6.54 Å². The second-order valence-corrected chi connectivity index (χ2v) is 5.94. The van der Waals surface area contributed by atoms with Crippen LogP contribution >= 0.6 is 11.3 Å². The summed E-state index contributed by atoms with van der Waals surface area (Å²) in [5.41, 5.74) is 0.875. The van der Waals surface area contributed by atoms with Crippen LogP contribution in [0.15, 0.2) is 30.3 Å². The van der Waals surface area contributed by atoms with Crippen molar-refractivity contribution < 1.29 is 4.39 Å². The van der Waals surface area contributed by atoms with E-state index in [0.29, 0.717) is 12.5 Å². The average molecular weight is 302 g/mol. The Hall–Kier alpha value is -2.21. The maximum Gasteiger partial charge on any atom is 0.225 e. The molecule has 6 heteroatoms. The highest BCUT2D eigenvalue weighted by Crippen LogP contribution is 2.29. The minimum atomic E-state index is -0.232. The van der Waals surface area contributed by atoms with Gasteiger partial charge in [-0.15, -0.1) is 11.3 Å². The SMILES string of the molecule is CNc1nc(NCc2cccc(F)c2)c2cc(C)sc2n1. The van der Waals surface area contributed by atoms with Gasteiger partial charge in [0.1, 0.15) is 16.5 Å². The Balaban J connectivity index is 1.92. The van der Waals surface area contributed by atoms with Crippen molar-refractivity contribution in [3.8, 4) is 0 Å². The molecule has 21 heavy (non-hydrogen) atoms. The quantitative estimate of drug-likeness (QED) is 0.770. The fourth-order valence-electron chi connectivity index (χ4n) is 2.12. The lowest BCUT2D eigenvalue weighted by atomic mass is 10.2. The Bertz CT molecular complexity index is 784. The Morgan fingerprint density at radius 1 is 1.24 bits per heavy atom. The predicted molar refractivity (Wildman–Crippen MR) is 85.4 cm³/mol. The molecule has 2 N–H and O–H groups in total. The van der Waals surface area contributed by atoms with E-state index in [-0.39, 0.29) is 5.82 Å². The molecule has 0 saturated carbocycles. The lowest BCUT2D eigenvalue weighted by Crippen LogP contribution is -2.05. The second-order valence-electron chi connectivity index (χ2n) is 4.71. The highest BCUT2D eigenvalue weighted by atomic mass is 32.1. The number of anilines is 2. The second kappa shape index (κ2) is 5.65. The Kier molecular flexibility index (Phi) is 3.70. The number of benzene rings is 1. The van der Waals surface area contributed by atoms with E-state index in [1.54, 1.807) is 24.5 Å². The van der Waals surface area contributed by atoms with Gasteiger partial charge in [0.25, 0.3) is 0 Å². The number of nitrogens with zero attached hydrogens (tertiary/aromatic N) is 2. The van der Waals surface area contributed by atoms with Crippen LogP contribution in [0.1, 0.15) is 10.4 Å². The molecule has 4 nitrogen and oxygen atoms in total. The Morgan fingerprint density at radius 2 is 2.10 bits per heavy atom. The van der Waals surface area contributed by atoms with Crippen molar-refractivity contribution in [2.75, 3.05) is 17.7 Å². The number of halogens is 1. The summed E-state index contributed by atoms with van der Waals surface area (Å²) in [6, 6.07) is 8.60. The molecule has 0 unspecified atom stereocenters. The standard InChI is InChI=1S/C15H15FN4S/c1-9-6-12-13(19-15(17-2)20-14(12)21-9)18-8-10-4-3-5-11(16)7-10/h3-7H,8H2,1-2H3,(H2,17,18,19,20). The molecule has 0 saturated heterocycles. The van der Waals surface area contributed by atoms with E-state index in [9.17, 15) is 4.39 Å². The number of thiophene rings is 1. The monoisotopic (exact) mass is 302 g/mol. The van der Waals surface area contributed by atoms with Gasteiger partial charge in [-0.3, -0.25) is 0 Å². The van der Waals surface area contributed by atoms with Gasteiger partial charge in [0, 0.05) is 18.5 Å². The molecular formula is C15H15FN4S. The van der Waals surface area contributed by atoms with Gasteiger partial charge in [0.2, 0.25) is 5.95 Å². The van der Waals surface area contributed by atoms with E-state index in [1.807, 2.05) is 13.0 Å². The fraction of sp³-hybridized carbons (Fsp3) is 0.200. The minimum Gasteiger partial charge on any atom is -0.365 e. The summed E-state index contributed by atoms with van der Waals surface area (Å²) in [6.45, 7) is 2.56. The molecule has 1 aromatic carbocycles. The zero-order valence-electron chi connectivity index (χ0n) is 11.8. The summed E-state index contributed by atoms with van der Waals surface area (Å²) in [5, 5.41) is 7.22. The van der Waals surface area contributed by atoms with Crippen LogP contribution in [0, 0.1) is 12.7 Å². The summed E-state index contributed by atoms with van der Waals surface area (Å²) in [7, 11) is 1.79. The van der Waals surface area contributed by atoms with E-state index in [4.69, 9.17) is 0 Å². The summed E-state index contributed by atoms with van der Waals surface area (Å²) < 4.78 is 13.2. The van der Waals surface area contributed by atoms with Crippen LogP contribution in [-0.4, -0.2) is 17.0 Å². The van der Waals surface area contributed by atoms with Crippen molar-refractivity contribution in [1.29, 1.82) is 0 Å². The van der Waals surface area contributed by atoms with Gasteiger partial charge in [-0.2, -0.15) is 4.98 Å². The number of hydrogen-bond acceptors (Lipinski definition) is 5. The molecule has 0 aliphatic rings. The van der Waals surface area contributed by atoms with E-state index in [2.05, 4.69) is 26.7 Å². The first-order valence-electron chi connectivity index (χ1n) is 6.60. The molecule has 3 aromatic rings. The van der Waals surface area contributed by atoms with Crippen molar-refractivity contribution in [2.24, 2.45) is 0 Å². The molecule has 0 fully saturated rings. The molecule has 108 valence electrons. The molecule has 0 radical (unpaired) electrons. The van der Waals surface area contributed by atoms with E-state index < -0.39 is 0 Å². The highest BCUT2D eigenvalue weighted by molar-refractivity contribution is 7.18. The van der Waals surface area contributed by atoms with Gasteiger partial charge in [-0.05, 0) is 30.7 Å². The van der Waals surface area contributed by atoms with Crippen molar-refractivity contribution in [1.82, 2.24) is 9.97 Å². The maximum absolute atomic E-state index is 13.2. The molecule has 0 atom stereocenters. The average Bonchev–Trinajstić information content (AvgIpc) is 2.85. The van der Waals surface area contributed by atoms with Gasteiger partial charge in [-0.1, -0.05) is 12.1 Å². The van der Waals surface area contributed by atoms with Gasteiger partial charge < -0.3 is 10.6 Å². The molecule has 2 heterocycles. The van der Waals surface area contributed by atoms with Crippen molar-refractivity contribution in [3.63, 3.8) is 0 Å². The third-order valence-corrected chi connectivity index (χ3v) is 4.03. The van der Waals surface area contributed by atoms with E-state index in [1.165, 1.54) is 17.0 Å². The molecule has 0 aliphatic carbocycles. The number of fused-ring (bicyclic) bond motifs is 1. The summed E-state index contributed by atoms with van der Waals surface area (Å²) in [4.78, 5) is 11.0. The lowest BCUT2D eigenvalue weighted by Gasteiger charge is -2.08. The van der Waals surface area contributed by atoms with Crippen LogP contribution in [0.3, 0.4) is 0 Å². The summed E-state index contributed by atoms with van der Waals surface area (Å²) in [5.74, 6) is 1.11. The third-order valence-electron chi connectivity index (χ3n) is 3.09. The predicted octanol–water partition coefficient (Wildman–Crippen LogP) is 3.79. The van der Waals surface area contributed by atoms with Gasteiger partial charge in [-0.25, -0.2) is 9.37 Å². The highest BCUT2D eigenvalue weighted by Gasteiger charge is 2.10. The first kappa shape index (κ1) is 13.8. The molecular weight excluding hydrogens is 287 g/mol. The van der Waals surface area contributed by atoms with Gasteiger partial charge in [0.15, 0.2) is 0 Å². The number of aryl methyl sites for hydroxylation is 1. The van der Waals surface area contributed by atoms with Crippen LogP contribution in [0.25, 0.3) is 10.2 Å². The number of hydrogen-bond donors (Lipinski definition) is 2. The zero-order chi connectivity index (χ0) is 14.8. The fourth-order valence-corrected chi connectivity index (χ4v) is 3.00. The first-order valence-corrected chi connectivity index (χ1v) is 7.41. The van der Waals surface area contributed by atoms with Crippen molar-refractivity contribution >= 4 is 33.3 Å². The van der Waals surface area contributed by atoms with Crippen LogP contribution in [0.5, 0.6) is 0 Å². The molecule has 0 aliphatic heterocycles. The van der Waals surface area contributed by atoms with Gasteiger partial charge in [0.05, 0.1) is 5.39 Å². The minimum absolute atomic E-state index is 0.232. The van der Waals surface area contributed by atoms with Crippen molar-refractivity contribution in [3.05, 3.63) is 46.6 Å². The van der Waals surface area contributed by atoms with Gasteiger partial charge >= 0.3 is 0 Å². The van der Waals surface area contributed by atoms with Crippen LogP contribution in [0.2, 0.25) is 0 Å². The Labute approximate surface area is 126 Å². The van der Waals surface area contributed by atoms with E-state index >= 15 is 0 Å². The topological polar surface area (TPSA) is 49.8 Å². The molecule has 0 amide bonds. The zero-order valence-corrected chi connectivity index (χ0v) is 12.6. The molecule has 2 aromatic heterocycles. The third kappa shape index (κ3) is 2.95. The largest absolute Gasteiger partial charge is 0.365 e. The molecule has 0 spiro atoms.